The van der Waals surface area contributed by atoms with Gasteiger partial charge in [0.15, 0.2) is 0 Å². The van der Waals surface area contributed by atoms with Gasteiger partial charge >= 0.3 is 6.18 Å². The highest BCUT2D eigenvalue weighted by Gasteiger charge is 2.35. The SMILES string of the molecule is O=C(CNC(=O)c1cc(O)cc(C(F)(F)F)c1)NC1CN(C2CCC(c3ccccc3)CC2)C1. The molecule has 0 unspecified atom stereocenters. The Morgan fingerprint density at radius 2 is 1.68 bits per heavy atom. The van der Waals surface area contributed by atoms with Gasteiger partial charge in [0.05, 0.1) is 18.2 Å². The van der Waals surface area contributed by atoms with Crippen LogP contribution in [-0.4, -0.2) is 53.5 Å². The van der Waals surface area contributed by atoms with Crippen molar-refractivity contribution in [3.8, 4) is 5.75 Å². The lowest BCUT2D eigenvalue weighted by Crippen LogP contribution is -2.63. The van der Waals surface area contributed by atoms with Gasteiger partial charge in [-0.25, -0.2) is 0 Å². The van der Waals surface area contributed by atoms with Crippen LogP contribution in [0.2, 0.25) is 0 Å². The van der Waals surface area contributed by atoms with E-state index in [1.807, 2.05) is 6.07 Å². The van der Waals surface area contributed by atoms with Crippen LogP contribution >= 0.6 is 0 Å². The first kappa shape index (κ1) is 24.1. The first-order valence-corrected chi connectivity index (χ1v) is 11.5. The van der Waals surface area contributed by atoms with Gasteiger partial charge in [-0.05, 0) is 55.4 Å². The summed E-state index contributed by atoms with van der Waals surface area (Å²) in [5.41, 5.74) is -0.0902. The van der Waals surface area contributed by atoms with E-state index in [1.165, 1.54) is 5.56 Å². The summed E-state index contributed by atoms with van der Waals surface area (Å²) in [5.74, 6) is -1.32. The number of hydrogen-bond acceptors (Lipinski definition) is 4. The molecule has 0 spiro atoms. The Morgan fingerprint density at radius 3 is 2.32 bits per heavy atom. The fourth-order valence-electron chi connectivity index (χ4n) is 4.85. The monoisotopic (exact) mass is 475 g/mol. The van der Waals surface area contributed by atoms with Gasteiger partial charge in [-0.2, -0.15) is 13.2 Å². The molecule has 4 rings (SSSR count). The molecule has 182 valence electrons. The molecule has 34 heavy (non-hydrogen) atoms. The molecule has 1 saturated carbocycles. The zero-order valence-electron chi connectivity index (χ0n) is 18.6. The van der Waals surface area contributed by atoms with Crippen molar-refractivity contribution in [1.82, 2.24) is 15.5 Å². The number of amides is 2. The summed E-state index contributed by atoms with van der Waals surface area (Å²) >= 11 is 0. The number of carbonyl (C=O) groups excluding carboxylic acids is 2. The maximum Gasteiger partial charge on any atom is 0.416 e. The standard InChI is InChI=1S/C25H28F3N3O3/c26-25(27,28)19-10-18(11-22(32)12-19)24(34)29-13-23(33)30-20-14-31(15-20)21-8-6-17(7-9-21)16-4-2-1-3-5-16/h1-5,10-12,17,20-21,32H,6-9,13-15H2,(H,29,34)(H,30,33). The van der Waals surface area contributed by atoms with Gasteiger partial charge in [0.2, 0.25) is 5.91 Å². The second kappa shape index (κ2) is 10.0. The molecule has 0 bridgehead atoms. The van der Waals surface area contributed by atoms with Crippen molar-refractivity contribution in [3.05, 3.63) is 65.2 Å². The first-order chi connectivity index (χ1) is 16.2. The topological polar surface area (TPSA) is 81.7 Å². The summed E-state index contributed by atoms with van der Waals surface area (Å²) in [7, 11) is 0. The van der Waals surface area contributed by atoms with E-state index in [2.05, 4.69) is 39.8 Å². The third-order valence-electron chi connectivity index (χ3n) is 6.68. The number of rotatable bonds is 6. The molecular formula is C25H28F3N3O3. The number of benzene rings is 2. The molecule has 0 radical (unpaired) electrons. The average molecular weight is 476 g/mol. The van der Waals surface area contributed by atoms with Crippen LogP contribution in [0.3, 0.4) is 0 Å². The summed E-state index contributed by atoms with van der Waals surface area (Å²) in [4.78, 5) is 26.7. The van der Waals surface area contributed by atoms with Gasteiger partial charge < -0.3 is 15.7 Å². The average Bonchev–Trinajstić information content (AvgIpc) is 2.79. The number of phenolic OH excluding ortho intramolecular Hbond substituents is 1. The quantitative estimate of drug-likeness (QED) is 0.596. The Bertz CT molecular complexity index is 1020. The van der Waals surface area contributed by atoms with E-state index in [1.54, 1.807) is 0 Å². The molecule has 2 fully saturated rings. The first-order valence-electron chi connectivity index (χ1n) is 11.5. The summed E-state index contributed by atoms with van der Waals surface area (Å²) in [6, 6.07) is 13.2. The van der Waals surface area contributed by atoms with E-state index in [9.17, 15) is 27.9 Å². The number of likely N-dealkylation sites (tertiary alicyclic amines) is 1. The molecule has 2 aromatic rings. The minimum absolute atomic E-state index is 0.00569. The van der Waals surface area contributed by atoms with Crippen molar-refractivity contribution in [3.63, 3.8) is 0 Å². The van der Waals surface area contributed by atoms with Gasteiger partial charge in [0, 0.05) is 24.7 Å². The predicted molar refractivity (Wildman–Crippen MR) is 120 cm³/mol. The second-order valence-electron chi connectivity index (χ2n) is 9.08. The third-order valence-corrected chi connectivity index (χ3v) is 6.68. The second-order valence-corrected chi connectivity index (χ2v) is 9.08. The molecule has 2 aliphatic rings. The largest absolute Gasteiger partial charge is 0.508 e. The van der Waals surface area contributed by atoms with Crippen LogP contribution in [0.1, 0.15) is 53.1 Å². The Labute approximate surface area is 196 Å². The lowest BCUT2D eigenvalue weighted by molar-refractivity contribution is -0.137. The van der Waals surface area contributed by atoms with Crippen molar-refractivity contribution in [2.75, 3.05) is 19.6 Å². The maximum absolute atomic E-state index is 12.9. The van der Waals surface area contributed by atoms with Crippen molar-refractivity contribution < 1.29 is 27.9 Å². The summed E-state index contributed by atoms with van der Waals surface area (Å²) in [5, 5.41) is 14.6. The Balaban J connectivity index is 1.17. The van der Waals surface area contributed by atoms with E-state index in [4.69, 9.17) is 0 Å². The molecule has 1 saturated heterocycles. The molecule has 1 aliphatic heterocycles. The Morgan fingerprint density at radius 1 is 1.00 bits per heavy atom. The van der Waals surface area contributed by atoms with Gasteiger partial charge in [0.25, 0.3) is 5.91 Å². The summed E-state index contributed by atoms with van der Waals surface area (Å²) in [6.07, 6.45) is -0.138. The van der Waals surface area contributed by atoms with Gasteiger partial charge in [-0.15, -0.1) is 0 Å². The Kier molecular flexibility index (Phi) is 7.11. The van der Waals surface area contributed by atoms with Crippen LogP contribution in [0.5, 0.6) is 5.75 Å². The minimum Gasteiger partial charge on any atom is -0.508 e. The number of nitrogens with zero attached hydrogens (tertiary/aromatic N) is 1. The van der Waals surface area contributed by atoms with E-state index >= 15 is 0 Å². The smallest absolute Gasteiger partial charge is 0.416 e. The Hall–Kier alpha value is -3.07. The fourth-order valence-corrected chi connectivity index (χ4v) is 4.85. The number of aromatic hydroxyl groups is 1. The van der Waals surface area contributed by atoms with Crippen molar-refractivity contribution in [1.29, 1.82) is 0 Å². The van der Waals surface area contributed by atoms with E-state index in [0.29, 0.717) is 24.1 Å². The molecule has 2 amide bonds. The highest BCUT2D eigenvalue weighted by molar-refractivity contribution is 5.97. The molecule has 3 N–H and O–H groups in total. The normalized spacial score (nSPS) is 21.5. The molecule has 1 aliphatic carbocycles. The third kappa shape index (κ3) is 5.88. The number of alkyl halides is 3. The fraction of sp³-hybridized carbons (Fsp3) is 0.440. The van der Waals surface area contributed by atoms with E-state index in [-0.39, 0.29) is 18.2 Å². The summed E-state index contributed by atoms with van der Waals surface area (Å²) in [6.45, 7) is 1.15. The molecular weight excluding hydrogens is 447 g/mol. The lowest BCUT2D eigenvalue weighted by atomic mass is 9.80. The van der Waals surface area contributed by atoms with Crippen LogP contribution < -0.4 is 10.6 Å². The maximum atomic E-state index is 12.9. The number of nitrogens with one attached hydrogen (secondary N) is 2. The zero-order chi connectivity index (χ0) is 24.3. The lowest BCUT2D eigenvalue weighted by Gasteiger charge is -2.46. The number of halogens is 3. The van der Waals surface area contributed by atoms with Crippen molar-refractivity contribution in [2.24, 2.45) is 0 Å². The van der Waals surface area contributed by atoms with Crippen molar-refractivity contribution >= 4 is 11.8 Å². The molecule has 2 aromatic carbocycles. The number of carbonyl (C=O) groups is 2. The van der Waals surface area contributed by atoms with E-state index in [0.717, 1.165) is 44.8 Å². The number of hydrogen-bond donors (Lipinski definition) is 3. The molecule has 6 nitrogen and oxygen atoms in total. The zero-order valence-corrected chi connectivity index (χ0v) is 18.6. The molecule has 9 heteroatoms. The van der Waals surface area contributed by atoms with Gasteiger partial charge in [0.1, 0.15) is 5.75 Å². The van der Waals surface area contributed by atoms with Crippen LogP contribution in [0.25, 0.3) is 0 Å². The van der Waals surface area contributed by atoms with Crippen molar-refractivity contribution in [2.45, 2.75) is 49.9 Å². The van der Waals surface area contributed by atoms with E-state index < -0.39 is 29.3 Å². The molecule has 1 heterocycles. The van der Waals surface area contributed by atoms with Gasteiger partial charge in [-0.1, -0.05) is 30.3 Å². The van der Waals surface area contributed by atoms with Crippen LogP contribution in [0, 0.1) is 0 Å². The number of phenols is 1. The van der Waals surface area contributed by atoms with Gasteiger partial charge in [-0.3, -0.25) is 14.5 Å². The van der Waals surface area contributed by atoms with Crippen LogP contribution in [0.15, 0.2) is 48.5 Å². The molecule has 0 atom stereocenters. The highest BCUT2D eigenvalue weighted by atomic mass is 19.4. The van der Waals surface area contributed by atoms with Crippen LogP contribution in [0.4, 0.5) is 13.2 Å². The predicted octanol–water partition coefficient (Wildman–Crippen LogP) is 3.67. The highest BCUT2D eigenvalue weighted by Crippen LogP contribution is 2.36. The van der Waals surface area contributed by atoms with Crippen LogP contribution in [-0.2, 0) is 11.0 Å². The minimum atomic E-state index is -4.69. The molecule has 0 aromatic heterocycles. The summed E-state index contributed by atoms with van der Waals surface area (Å²) < 4.78 is 38.6.